The van der Waals surface area contributed by atoms with Crippen LogP contribution in [0, 0.1) is 0 Å². The van der Waals surface area contributed by atoms with Crippen molar-refractivity contribution >= 4 is 35.0 Å². The van der Waals surface area contributed by atoms with Crippen LogP contribution in [-0.2, 0) is 9.53 Å². The van der Waals surface area contributed by atoms with E-state index in [0.717, 1.165) is 41.4 Å². The van der Waals surface area contributed by atoms with E-state index in [-0.39, 0.29) is 5.91 Å². The number of rotatable bonds is 4. The molecule has 2 aliphatic heterocycles. The van der Waals surface area contributed by atoms with Crippen molar-refractivity contribution < 1.29 is 14.3 Å². The van der Waals surface area contributed by atoms with Gasteiger partial charge in [-0.3, -0.25) is 4.79 Å². The van der Waals surface area contributed by atoms with Crippen molar-refractivity contribution in [2.45, 2.75) is 0 Å². The number of carbonyl (C=O) groups is 1. The summed E-state index contributed by atoms with van der Waals surface area (Å²) in [6.07, 6.45) is 5.29. The Labute approximate surface area is 169 Å². The van der Waals surface area contributed by atoms with Crippen LogP contribution in [0.3, 0.4) is 0 Å². The summed E-state index contributed by atoms with van der Waals surface area (Å²) in [5.41, 5.74) is 3.63. The molecule has 0 bridgehead atoms. The van der Waals surface area contributed by atoms with Crippen LogP contribution in [-0.4, -0.2) is 38.8 Å². The first kappa shape index (κ1) is 18.6. The lowest BCUT2D eigenvalue weighted by molar-refractivity contribution is -0.111. The first-order valence-electron chi connectivity index (χ1n) is 9.23. The average molecular weight is 397 g/mol. The second kappa shape index (κ2) is 8.50. The number of amides is 1. The summed E-state index contributed by atoms with van der Waals surface area (Å²) in [5, 5.41) is 3.63. The van der Waals surface area contributed by atoms with Gasteiger partial charge in [-0.1, -0.05) is 29.8 Å². The average Bonchev–Trinajstić information content (AvgIpc) is 2.73. The highest BCUT2D eigenvalue weighted by Gasteiger charge is 2.15. The number of halogens is 1. The summed E-state index contributed by atoms with van der Waals surface area (Å²) in [6.45, 7) is 3.44. The molecular weight excluding hydrogens is 376 g/mol. The van der Waals surface area contributed by atoms with E-state index in [0.29, 0.717) is 24.8 Å². The smallest absolute Gasteiger partial charge is 0.248 e. The van der Waals surface area contributed by atoms with Gasteiger partial charge < -0.3 is 19.7 Å². The Morgan fingerprint density at radius 2 is 1.96 bits per heavy atom. The van der Waals surface area contributed by atoms with Crippen LogP contribution >= 0.6 is 11.6 Å². The summed E-state index contributed by atoms with van der Waals surface area (Å²) in [4.78, 5) is 14.7. The number of ether oxygens (including phenoxy) is 2. The third kappa shape index (κ3) is 4.38. The predicted octanol–water partition coefficient (Wildman–Crippen LogP) is 4.15. The standard InChI is InChI=1S/C22H21ClN2O3/c23-18-6-7-21-17(14-18)13-16(15-28-21)5-8-22(26)24-19-3-1-2-4-20(19)25-9-11-27-12-10-25/h1-8,13-14H,9-12,15H2,(H,24,26)/b8-5+. The Kier molecular flexibility index (Phi) is 5.65. The molecule has 5 nitrogen and oxygen atoms in total. The number of para-hydroxylation sites is 2. The minimum Gasteiger partial charge on any atom is -0.488 e. The van der Waals surface area contributed by atoms with E-state index in [2.05, 4.69) is 10.2 Å². The van der Waals surface area contributed by atoms with E-state index in [1.54, 1.807) is 12.1 Å². The highest BCUT2D eigenvalue weighted by atomic mass is 35.5. The van der Waals surface area contributed by atoms with Crippen molar-refractivity contribution in [2.24, 2.45) is 0 Å². The molecule has 0 aromatic heterocycles. The van der Waals surface area contributed by atoms with Gasteiger partial charge in [0.25, 0.3) is 0 Å². The Morgan fingerprint density at radius 3 is 2.82 bits per heavy atom. The zero-order valence-electron chi connectivity index (χ0n) is 15.4. The molecule has 1 N–H and O–H groups in total. The Bertz CT molecular complexity index is 933. The fourth-order valence-electron chi connectivity index (χ4n) is 3.28. The van der Waals surface area contributed by atoms with Crippen LogP contribution in [0.25, 0.3) is 6.08 Å². The van der Waals surface area contributed by atoms with Crippen molar-refractivity contribution in [2.75, 3.05) is 43.1 Å². The summed E-state index contributed by atoms with van der Waals surface area (Å²) in [6, 6.07) is 13.3. The molecule has 0 atom stereocenters. The van der Waals surface area contributed by atoms with E-state index in [9.17, 15) is 4.79 Å². The van der Waals surface area contributed by atoms with Gasteiger partial charge in [-0.25, -0.2) is 0 Å². The Morgan fingerprint density at radius 1 is 1.14 bits per heavy atom. The molecule has 1 saturated heterocycles. The highest BCUT2D eigenvalue weighted by Crippen LogP contribution is 2.29. The second-order valence-electron chi connectivity index (χ2n) is 6.63. The normalized spacial score (nSPS) is 16.3. The predicted molar refractivity (Wildman–Crippen MR) is 112 cm³/mol. The SMILES string of the molecule is O=C(/C=C/C1=Cc2cc(Cl)ccc2OC1)Nc1ccccc1N1CCOCC1. The maximum atomic E-state index is 12.5. The zero-order chi connectivity index (χ0) is 19.3. The number of benzene rings is 2. The number of nitrogens with zero attached hydrogens (tertiary/aromatic N) is 1. The zero-order valence-corrected chi connectivity index (χ0v) is 16.1. The van der Waals surface area contributed by atoms with Gasteiger partial charge in [-0.2, -0.15) is 0 Å². The molecule has 0 saturated carbocycles. The van der Waals surface area contributed by atoms with Gasteiger partial charge in [0.2, 0.25) is 5.91 Å². The maximum Gasteiger partial charge on any atom is 0.248 e. The largest absolute Gasteiger partial charge is 0.488 e. The van der Waals surface area contributed by atoms with Gasteiger partial charge in [0.15, 0.2) is 0 Å². The first-order chi connectivity index (χ1) is 13.7. The molecule has 1 amide bonds. The number of nitrogens with one attached hydrogen (secondary N) is 1. The number of hydrogen-bond donors (Lipinski definition) is 1. The van der Waals surface area contributed by atoms with Gasteiger partial charge in [0.05, 0.1) is 24.6 Å². The topological polar surface area (TPSA) is 50.8 Å². The lowest BCUT2D eigenvalue weighted by atomic mass is 10.1. The fraction of sp³-hybridized carbons (Fsp3) is 0.227. The van der Waals surface area contributed by atoms with Crippen LogP contribution in [0.1, 0.15) is 5.56 Å². The van der Waals surface area contributed by atoms with Gasteiger partial charge >= 0.3 is 0 Å². The Balaban J connectivity index is 1.45. The van der Waals surface area contributed by atoms with Gasteiger partial charge in [0, 0.05) is 29.8 Å². The molecule has 2 aromatic rings. The molecular formula is C22H21ClN2O3. The lowest BCUT2D eigenvalue weighted by Gasteiger charge is -2.30. The van der Waals surface area contributed by atoms with Crippen molar-refractivity contribution in [3.8, 4) is 5.75 Å². The van der Waals surface area contributed by atoms with Gasteiger partial charge in [-0.05, 0) is 42.0 Å². The molecule has 6 heteroatoms. The third-order valence-electron chi connectivity index (χ3n) is 4.67. The molecule has 2 heterocycles. The molecule has 2 aliphatic rings. The van der Waals surface area contributed by atoms with E-state index in [4.69, 9.17) is 21.1 Å². The third-order valence-corrected chi connectivity index (χ3v) is 4.90. The summed E-state index contributed by atoms with van der Waals surface area (Å²) < 4.78 is 11.1. The molecule has 1 fully saturated rings. The number of carbonyl (C=O) groups excluding carboxylic acids is 1. The fourth-order valence-corrected chi connectivity index (χ4v) is 3.46. The quantitative estimate of drug-likeness (QED) is 0.789. The molecule has 28 heavy (non-hydrogen) atoms. The van der Waals surface area contributed by atoms with Crippen molar-refractivity contribution in [3.63, 3.8) is 0 Å². The number of fused-ring (bicyclic) bond motifs is 1. The molecule has 0 spiro atoms. The van der Waals surface area contributed by atoms with Crippen molar-refractivity contribution in [1.29, 1.82) is 0 Å². The Hall–Kier alpha value is -2.76. The number of hydrogen-bond acceptors (Lipinski definition) is 4. The van der Waals surface area contributed by atoms with Crippen LogP contribution in [0.4, 0.5) is 11.4 Å². The van der Waals surface area contributed by atoms with Crippen molar-refractivity contribution in [1.82, 2.24) is 0 Å². The number of morpholine rings is 1. The first-order valence-corrected chi connectivity index (χ1v) is 9.60. The number of anilines is 2. The van der Waals surface area contributed by atoms with Crippen LogP contribution in [0.2, 0.25) is 5.02 Å². The summed E-state index contributed by atoms with van der Waals surface area (Å²) in [5.74, 6) is 0.615. The molecule has 2 aromatic carbocycles. The summed E-state index contributed by atoms with van der Waals surface area (Å²) in [7, 11) is 0. The molecule has 0 unspecified atom stereocenters. The van der Waals surface area contributed by atoms with Crippen LogP contribution in [0.15, 0.2) is 60.2 Å². The van der Waals surface area contributed by atoms with E-state index in [1.807, 2.05) is 42.5 Å². The van der Waals surface area contributed by atoms with Crippen LogP contribution in [0.5, 0.6) is 5.75 Å². The maximum absolute atomic E-state index is 12.5. The molecule has 144 valence electrons. The van der Waals surface area contributed by atoms with E-state index in [1.165, 1.54) is 6.08 Å². The minimum atomic E-state index is -0.182. The van der Waals surface area contributed by atoms with Gasteiger partial charge in [-0.15, -0.1) is 0 Å². The van der Waals surface area contributed by atoms with Gasteiger partial charge in [0.1, 0.15) is 12.4 Å². The summed E-state index contributed by atoms with van der Waals surface area (Å²) >= 11 is 6.04. The van der Waals surface area contributed by atoms with E-state index >= 15 is 0 Å². The highest BCUT2D eigenvalue weighted by molar-refractivity contribution is 6.30. The van der Waals surface area contributed by atoms with Crippen molar-refractivity contribution in [3.05, 3.63) is 70.8 Å². The molecule has 0 radical (unpaired) electrons. The monoisotopic (exact) mass is 396 g/mol. The minimum absolute atomic E-state index is 0.182. The second-order valence-corrected chi connectivity index (χ2v) is 7.07. The molecule has 4 rings (SSSR count). The lowest BCUT2D eigenvalue weighted by Crippen LogP contribution is -2.36. The van der Waals surface area contributed by atoms with E-state index < -0.39 is 0 Å². The molecule has 0 aliphatic carbocycles. The van der Waals surface area contributed by atoms with Crippen LogP contribution < -0.4 is 15.0 Å².